The highest BCUT2D eigenvalue weighted by molar-refractivity contribution is 5.85. The zero-order chi connectivity index (χ0) is 15.2. The lowest BCUT2D eigenvalue weighted by molar-refractivity contribution is -0.0438. The summed E-state index contributed by atoms with van der Waals surface area (Å²) in [5.74, 6) is 1.46. The molecule has 0 bridgehead atoms. The SMILES string of the molecule is COc1ccccc1OC(c1ccccc1)C1CNCCO1.Cl. The van der Waals surface area contributed by atoms with E-state index in [1.54, 1.807) is 7.11 Å². The first-order valence-corrected chi connectivity index (χ1v) is 7.55. The number of hydrogen-bond acceptors (Lipinski definition) is 4. The van der Waals surface area contributed by atoms with Crippen molar-refractivity contribution in [1.82, 2.24) is 5.32 Å². The lowest BCUT2D eigenvalue weighted by Crippen LogP contribution is -2.43. The summed E-state index contributed by atoms with van der Waals surface area (Å²) in [7, 11) is 1.65. The van der Waals surface area contributed by atoms with Crippen molar-refractivity contribution in [3.8, 4) is 11.5 Å². The van der Waals surface area contributed by atoms with Crippen LogP contribution >= 0.6 is 12.4 Å². The molecule has 0 aromatic heterocycles. The molecule has 124 valence electrons. The quantitative estimate of drug-likeness (QED) is 0.910. The standard InChI is InChI=1S/C18H21NO3.ClH/c1-20-15-9-5-6-10-16(15)22-18(14-7-3-2-4-8-14)17-13-19-11-12-21-17;/h2-10,17-19H,11-13H2,1H3;1H. The molecule has 2 aromatic carbocycles. The monoisotopic (exact) mass is 335 g/mol. The lowest BCUT2D eigenvalue weighted by atomic mass is 10.0. The molecule has 1 aliphatic rings. The fraction of sp³-hybridized carbons (Fsp3) is 0.333. The smallest absolute Gasteiger partial charge is 0.162 e. The van der Waals surface area contributed by atoms with Crippen molar-refractivity contribution in [2.75, 3.05) is 26.8 Å². The van der Waals surface area contributed by atoms with E-state index in [-0.39, 0.29) is 24.6 Å². The van der Waals surface area contributed by atoms with Gasteiger partial charge in [0.1, 0.15) is 6.10 Å². The van der Waals surface area contributed by atoms with Gasteiger partial charge >= 0.3 is 0 Å². The van der Waals surface area contributed by atoms with Crippen LogP contribution in [0.2, 0.25) is 0 Å². The second kappa shape index (κ2) is 8.77. The summed E-state index contributed by atoms with van der Waals surface area (Å²) >= 11 is 0. The fourth-order valence-electron chi connectivity index (χ4n) is 2.63. The van der Waals surface area contributed by atoms with Crippen molar-refractivity contribution < 1.29 is 14.2 Å². The predicted octanol–water partition coefficient (Wildman–Crippen LogP) is 3.23. The number of para-hydroxylation sites is 2. The minimum atomic E-state index is -0.176. The number of ether oxygens (including phenoxy) is 3. The number of hydrogen-bond donors (Lipinski definition) is 1. The predicted molar refractivity (Wildman–Crippen MR) is 92.7 cm³/mol. The first-order chi connectivity index (χ1) is 10.9. The van der Waals surface area contributed by atoms with Crippen LogP contribution in [-0.4, -0.2) is 32.9 Å². The molecule has 1 heterocycles. The van der Waals surface area contributed by atoms with Gasteiger partial charge in [-0.2, -0.15) is 0 Å². The highest BCUT2D eigenvalue weighted by atomic mass is 35.5. The van der Waals surface area contributed by atoms with E-state index in [1.165, 1.54) is 0 Å². The van der Waals surface area contributed by atoms with Gasteiger partial charge in [0, 0.05) is 13.1 Å². The molecule has 1 saturated heterocycles. The van der Waals surface area contributed by atoms with Crippen LogP contribution in [0.4, 0.5) is 0 Å². The van der Waals surface area contributed by atoms with E-state index >= 15 is 0 Å². The molecule has 23 heavy (non-hydrogen) atoms. The molecule has 5 heteroatoms. The maximum atomic E-state index is 6.27. The van der Waals surface area contributed by atoms with Gasteiger partial charge in [-0.15, -0.1) is 12.4 Å². The first-order valence-electron chi connectivity index (χ1n) is 7.55. The van der Waals surface area contributed by atoms with Crippen LogP contribution in [0.15, 0.2) is 54.6 Å². The Morgan fingerprint density at radius 3 is 2.39 bits per heavy atom. The van der Waals surface area contributed by atoms with Crippen LogP contribution in [0.3, 0.4) is 0 Å². The van der Waals surface area contributed by atoms with Crippen molar-refractivity contribution in [2.45, 2.75) is 12.2 Å². The van der Waals surface area contributed by atoms with E-state index in [4.69, 9.17) is 14.2 Å². The van der Waals surface area contributed by atoms with E-state index in [0.29, 0.717) is 6.61 Å². The third-order valence-electron chi connectivity index (χ3n) is 3.75. The number of morpholine rings is 1. The Morgan fingerprint density at radius 1 is 1.04 bits per heavy atom. The van der Waals surface area contributed by atoms with Gasteiger partial charge in [-0.1, -0.05) is 42.5 Å². The first kappa shape index (κ1) is 17.6. The molecule has 1 fully saturated rings. The molecule has 0 spiro atoms. The average molecular weight is 336 g/mol. The van der Waals surface area contributed by atoms with Crippen LogP contribution in [-0.2, 0) is 4.74 Å². The van der Waals surface area contributed by atoms with Gasteiger partial charge in [-0.3, -0.25) is 0 Å². The van der Waals surface area contributed by atoms with E-state index in [2.05, 4.69) is 17.4 Å². The molecule has 2 unspecified atom stereocenters. The second-order valence-electron chi connectivity index (χ2n) is 5.21. The van der Waals surface area contributed by atoms with Gasteiger partial charge in [-0.25, -0.2) is 0 Å². The summed E-state index contributed by atoms with van der Waals surface area (Å²) < 4.78 is 17.6. The lowest BCUT2D eigenvalue weighted by Gasteiger charge is -2.32. The maximum absolute atomic E-state index is 6.27. The molecule has 0 saturated carbocycles. The zero-order valence-electron chi connectivity index (χ0n) is 13.1. The number of rotatable bonds is 5. The summed E-state index contributed by atoms with van der Waals surface area (Å²) in [5, 5.41) is 3.36. The summed E-state index contributed by atoms with van der Waals surface area (Å²) in [4.78, 5) is 0. The van der Waals surface area contributed by atoms with Crippen LogP contribution in [0.5, 0.6) is 11.5 Å². The van der Waals surface area contributed by atoms with Crippen molar-refractivity contribution >= 4 is 12.4 Å². The molecule has 0 aliphatic carbocycles. The van der Waals surface area contributed by atoms with Crippen molar-refractivity contribution in [2.24, 2.45) is 0 Å². The normalized spacial score (nSPS) is 18.6. The number of nitrogens with one attached hydrogen (secondary N) is 1. The Hall–Kier alpha value is -1.75. The topological polar surface area (TPSA) is 39.7 Å². The van der Waals surface area contributed by atoms with Crippen LogP contribution in [0.25, 0.3) is 0 Å². The highest BCUT2D eigenvalue weighted by Gasteiger charge is 2.28. The number of methoxy groups -OCH3 is 1. The molecular weight excluding hydrogens is 314 g/mol. The summed E-state index contributed by atoms with van der Waals surface area (Å²) in [5.41, 5.74) is 1.10. The summed E-state index contributed by atoms with van der Waals surface area (Å²) in [6.45, 7) is 2.35. The number of benzene rings is 2. The van der Waals surface area contributed by atoms with E-state index in [9.17, 15) is 0 Å². The Bertz CT molecular complexity index is 588. The minimum absolute atomic E-state index is 0. The van der Waals surface area contributed by atoms with Gasteiger partial charge in [0.2, 0.25) is 0 Å². The largest absolute Gasteiger partial charge is 0.493 e. The Labute approximate surface area is 143 Å². The molecule has 1 aliphatic heterocycles. The molecule has 2 atom stereocenters. The molecule has 0 amide bonds. The molecule has 1 N–H and O–H groups in total. The van der Waals surface area contributed by atoms with E-state index < -0.39 is 0 Å². The van der Waals surface area contributed by atoms with E-state index in [0.717, 1.165) is 30.2 Å². The van der Waals surface area contributed by atoms with Crippen molar-refractivity contribution in [3.63, 3.8) is 0 Å². The molecule has 4 nitrogen and oxygen atoms in total. The third kappa shape index (κ3) is 4.38. The van der Waals surface area contributed by atoms with Crippen LogP contribution in [0.1, 0.15) is 11.7 Å². The van der Waals surface area contributed by atoms with Crippen molar-refractivity contribution in [3.05, 3.63) is 60.2 Å². The van der Waals surface area contributed by atoms with Crippen LogP contribution < -0.4 is 14.8 Å². The van der Waals surface area contributed by atoms with E-state index in [1.807, 2.05) is 42.5 Å². The molecule has 2 aromatic rings. The second-order valence-corrected chi connectivity index (χ2v) is 5.21. The Morgan fingerprint density at radius 2 is 1.74 bits per heavy atom. The Balaban J connectivity index is 0.00000192. The molecular formula is C18H22ClNO3. The van der Waals surface area contributed by atoms with Gasteiger partial charge in [0.05, 0.1) is 13.7 Å². The summed E-state index contributed by atoms with van der Waals surface area (Å²) in [6, 6.07) is 17.9. The number of halogens is 1. The maximum Gasteiger partial charge on any atom is 0.162 e. The molecule has 0 radical (unpaired) electrons. The van der Waals surface area contributed by atoms with Gasteiger partial charge in [0.15, 0.2) is 17.6 Å². The zero-order valence-corrected chi connectivity index (χ0v) is 13.9. The fourth-order valence-corrected chi connectivity index (χ4v) is 2.63. The minimum Gasteiger partial charge on any atom is -0.493 e. The average Bonchev–Trinajstić information content (AvgIpc) is 2.61. The van der Waals surface area contributed by atoms with Gasteiger partial charge in [-0.05, 0) is 17.7 Å². The highest BCUT2D eigenvalue weighted by Crippen LogP contribution is 2.33. The van der Waals surface area contributed by atoms with Gasteiger partial charge in [0.25, 0.3) is 0 Å². The van der Waals surface area contributed by atoms with Crippen LogP contribution in [0, 0.1) is 0 Å². The van der Waals surface area contributed by atoms with Crippen molar-refractivity contribution in [1.29, 1.82) is 0 Å². The third-order valence-corrected chi connectivity index (χ3v) is 3.75. The molecule has 3 rings (SSSR count). The van der Waals surface area contributed by atoms with Gasteiger partial charge < -0.3 is 19.5 Å². The Kier molecular flexibility index (Phi) is 6.71. The summed E-state index contributed by atoms with van der Waals surface area (Å²) in [6.07, 6.45) is -0.202.